The van der Waals surface area contributed by atoms with Crippen molar-refractivity contribution in [3.8, 4) is 0 Å². The van der Waals surface area contributed by atoms with Crippen LogP contribution in [0.15, 0.2) is 47.5 Å². The molecule has 1 N–H and O–H groups in total. The van der Waals surface area contributed by atoms with E-state index >= 15 is 0 Å². The molecule has 0 aromatic heterocycles. The van der Waals surface area contributed by atoms with Gasteiger partial charge < -0.3 is 5.32 Å². The summed E-state index contributed by atoms with van der Waals surface area (Å²) in [4.78, 5) is 28.2. The lowest BCUT2D eigenvalue weighted by molar-refractivity contribution is -0.122. The van der Waals surface area contributed by atoms with Crippen LogP contribution in [-0.2, 0) is 16.0 Å². The fraction of sp³-hybridized carbons (Fsp3) is 0.250. The summed E-state index contributed by atoms with van der Waals surface area (Å²) in [6, 6.07) is 11.7. The fourth-order valence-corrected chi connectivity index (χ4v) is 2.81. The van der Waals surface area contributed by atoms with Gasteiger partial charge in [0, 0.05) is 6.54 Å². The van der Waals surface area contributed by atoms with Crippen molar-refractivity contribution in [2.75, 3.05) is 6.54 Å². The molecule has 0 saturated carbocycles. The zero-order chi connectivity index (χ0) is 17.8. The molecule has 0 aliphatic carbocycles. The second kappa shape index (κ2) is 7.38. The third kappa shape index (κ3) is 4.38. The van der Waals surface area contributed by atoms with Crippen molar-refractivity contribution in [1.29, 1.82) is 0 Å². The number of rotatable bonds is 5. The van der Waals surface area contributed by atoms with Crippen LogP contribution in [0, 0.1) is 18.7 Å². The quantitative estimate of drug-likeness (QED) is 0.897. The van der Waals surface area contributed by atoms with Gasteiger partial charge in [0.15, 0.2) is 0 Å². The second-order valence-electron chi connectivity index (χ2n) is 6.23. The molecular weight excluding hydrogens is 319 g/mol. The molecule has 25 heavy (non-hydrogen) atoms. The van der Waals surface area contributed by atoms with E-state index in [1.54, 1.807) is 12.1 Å². The van der Waals surface area contributed by atoms with Crippen molar-refractivity contribution in [3.05, 3.63) is 70.0 Å². The second-order valence-corrected chi connectivity index (χ2v) is 6.23. The summed E-state index contributed by atoms with van der Waals surface area (Å²) >= 11 is 0. The van der Waals surface area contributed by atoms with E-state index in [4.69, 9.17) is 0 Å². The maximum absolute atomic E-state index is 12.9. The molecule has 0 fully saturated rings. The minimum Gasteiger partial charge on any atom is -0.356 e. The molecule has 5 heteroatoms. The van der Waals surface area contributed by atoms with Crippen LogP contribution < -0.4 is 15.9 Å². The van der Waals surface area contributed by atoms with Crippen molar-refractivity contribution in [3.63, 3.8) is 0 Å². The van der Waals surface area contributed by atoms with Crippen molar-refractivity contribution in [2.45, 2.75) is 19.8 Å². The van der Waals surface area contributed by atoms with Gasteiger partial charge in [-0.05, 0) is 47.9 Å². The Kier molecular flexibility index (Phi) is 5.03. The van der Waals surface area contributed by atoms with Crippen molar-refractivity contribution >= 4 is 17.9 Å². The van der Waals surface area contributed by atoms with E-state index in [0.29, 0.717) is 18.3 Å². The lowest BCUT2D eigenvalue weighted by Crippen LogP contribution is -2.35. The predicted molar refractivity (Wildman–Crippen MR) is 92.7 cm³/mol. The minimum absolute atomic E-state index is 0.150. The van der Waals surface area contributed by atoms with Crippen molar-refractivity contribution in [2.24, 2.45) is 10.9 Å². The number of amides is 2. The summed E-state index contributed by atoms with van der Waals surface area (Å²) in [6.45, 7) is 2.35. The zero-order valence-corrected chi connectivity index (χ0v) is 14.0. The first-order valence-electron chi connectivity index (χ1n) is 8.23. The molecule has 1 heterocycles. The lowest BCUT2D eigenvalue weighted by atomic mass is 9.99. The van der Waals surface area contributed by atoms with E-state index in [1.807, 2.05) is 31.2 Å². The number of hydrogen-bond donors (Lipinski definition) is 1. The van der Waals surface area contributed by atoms with Gasteiger partial charge in [0.05, 0.1) is 17.7 Å². The number of aryl methyl sites for hydroxylation is 1. The number of hydrogen-bond acceptors (Lipinski definition) is 2. The third-order valence-electron chi connectivity index (χ3n) is 4.17. The molecule has 2 aromatic carbocycles. The molecule has 3 rings (SSSR count). The van der Waals surface area contributed by atoms with Crippen molar-refractivity contribution < 1.29 is 14.0 Å². The summed E-state index contributed by atoms with van der Waals surface area (Å²) in [5.41, 5.74) is 1.81. The first-order valence-corrected chi connectivity index (χ1v) is 8.23. The molecule has 0 spiro atoms. The number of benzene rings is 2. The molecule has 0 bridgehead atoms. The highest BCUT2D eigenvalue weighted by Crippen LogP contribution is 2.09. The zero-order valence-electron chi connectivity index (χ0n) is 14.0. The highest BCUT2D eigenvalue weighted by atomic mass is 19.1. The normalized spacial score (nSPS) is 15.8. The van der Waals surface area contributed by atoms with Gasteiger partial charge in [-0.25, -0.2) is 9.38 Å². The molecule has 2 aromatic rings. The van der Waals surface area contributed by atoms with Gasteiger partial charge >= 0.3 is 0 Å². The molecule has 1 aliphatic rings. The Bertz CT molecular complexity index is 920. The summed E-state index contributed by atoms with van der Waals surface area (Å²) < 4.78 is 12.9. The van der Waals surface area contributed by atoms with E-state index in [0.717, 1.165) is 16.3 Å². The Morgan fingerprint density at radius 3 is 2.72 bits per heavy atom. The van der Waals surface area contributed by atoms with Crippen LogP contribution in [0.2, 0.25) is 0 Å². The van der Waals surface area contributed by atoms with E-state index in [1.165, 1.54) is 12.1 Å². The van der Waals surface area contributed by atoms with E-state index in [-0.39, 0.29) is 30.0 Å². The Balaban J connectivity index is 1.55. The Hall–Kier alpha value is -2.82. The summed E-state index contributed by atoms with van der Waals surface area (Å²) in [6.07, 6.45) is 2.61. The number of carbonyl (C=O) groups is 2. The SMILES string of the molecule is Cc1ccc2c(c1)=NC(=O)C(CCNC(=O)Cc1ccc(F)cc1)C=2. The molecule has 0 radical (unpaired) electrons. The Labute approximate surface area is 145 Å². The minimum atomic E-state index is -0.324. The molecule has 2 amide bonds. The van der Waals surface area contributed by atoms with Gasteiger partial charge in [0.2, 0.25) is 5.91 Å². The molecule has 1 unspecified atom stereocenters. The molecular formula is C20H19FN2O2. The highest BCUT2D eigenvalue weighted by molar-refractivity contribution is 5.86. The number of fused-ring (bicyclic) bond motifs is 1. The molecule has 128 valence electrons. The Morgan fingerprint density at radius 1 is 1.20 bits per heavy atom. The molecule has 1 aliphatic heterocycles. The Morgan fingerprint density at radius 2 is 1.96 bits per heavy atom. The summed E-state index contributed by atoms with van der Waals surface area (Å²) in [5.74, 6) is -0.968. The van der Waals surface area contributed by atoms with Crippen LogP contribution in [0.1, 0.15) is 17.5 Å². The van der Waals surface area contributed by atoms with E-state index in [9.17, 15) is 14.0 Å². The van der Waals surface area contributed by atoms with Gasteiger partial charge in [-0.15, -0.1) is 0 Å². The van der Waals surface area contributed by atoms with Crippen LogP contribution >= 0.6 is 0 Å². The highest BCUT2D eigenvalue weighted by Gasteiger charge is 2.18. The van der Waals surface area contributed by atoms with Gasteiger partial charge in [-0.1, -0.05) is 30.3 Å². The first kappa shape index (κ1) is 17.0. The van der Waals surface area contributed by atoms with Crippen molar-refractivity contribution in [1.82, 2.24) is 5.32 Å². The number of nitrogens with one attached hydrogen (secondary N) is 1. The topological polar surface area (TPSA) is 58.5 Å². The summed E-state index contributed by atoms with van der Waals surface area (Å²) in [7, 11) is 0. The van der Waals surface area contributed by atoms with Gasteiger partial charge in [-0.2, -0.15) is 0 Å². The fourth-order valence-electron chi connectivity index (χ4n) is 2.81. The van der Waals surface area contributed by atoms with Gasteiger partial charge in [0.1, 0.15) is 5.82 Å². The maximum Gasteiger partial charge on any atom is 0.253 e. The van der Waals surface area contributed by atoms with Crippen LogP contribution in [0.3, 0.4) is 0 Å². The molecule has 1 atom stereocenters. The number of nitrogens with zero attached hydrogens (tertiary/aromatic N) is 1. The standard InChI is InChI=1S/C20H19FN2O2/c1-13-2-5-15-12-16(20(25)23-18(15)10-13)8-9-22-19(24)11-14-3-6-17(21)7-4-14/h2-7,10,12,16H,8-9,11H2,1H3,(H,22,24). The smallest absolute Gasteiger partial charge is 0.253 e. The van der Waals surface area contributed by atoms with Gasteiger partial charge in [-0.3, -0.25) is 9.59 Å². The number of halogens is 1. The third-order valence-corrected chi connectivity index (χ3v) is 4.17. The van der Waals surface area contributed by atoms with E-state index < -0.39 is 0 Å². The van der Waals surface area contributed by atoms with Crippen LogP contribution in [0.25, 0.3) is 6.08 Å². The van der Waals surface area contributed by atoms with Crippen LogP contribution in [0.5, 0.6) is 0 Å². The van der Waals surface area contributed by atoms with E-state index in [2.05, 4.69) is 10.3 Å². The number of carbonyl (C=O) groups excluding carboxylic acids is 2. The molecule has 4 nitrogen and oxygen atoms in total. The van der Waals surface area contributed by atoms with Gasteiger partial charge in [0.25, 0.3) is 5.91 Å². The average Bonchev–Trinajstić information content (AvgIpc) is 2.57. The molecule has 0 saturated heterocycles. The first-order chi connectivity index (χ1) is 12.0. The monoisotopic (exact) mass is 338 g/mol. The maximum atomic E-state index is 12.9. The van der Waals surface area contributed by atoms with Crippen LogP contribution in [-0.4, -0.2) is 18.4 Å². The van der Waals surface area contributed by atoms with Crippen LogP contribution in [0.4, 0.5) is 4.39 Å². The average molecular weight is 338 g/mol. The lowest BCUT2D eigenvalue weighted by Gasteiger charge is -2.13. The summed E-state index contributed by atoms with van der Waals surface area (Å²) in [5, 5.41) is 4.46. The largest absolute Gasteiger partial charge is 0.356 e. The predicted octanol–water partition coefficient (Wildman–Crippen LogP) is 1.44.